The summed E-state index contributed by atoms with van der Waals surface area (Å²) >= 11 is 0. The van der Waals surface area contributed by atoms with Gasteiger partial charge in [-0.25, -0.2) is 9.97 Å². The number of β-amino-alcohol motifs (C(OH)–C–C–N with tert-alkyl or cyclic N) is 1. The quantitative estimate of drug-likeness (QED) is 0.373. The maximum Gasteiger partial charge on any atom is 0.416 e. The summed E-state index contributed by atoms with van der Waals surface area (Å²) in [6.45, 7) is 0.267. The molecule has 0 spiro atoms. The smallest absolute Gasteiger partial charge is 0.389 e. The Morgan fingerprint density at radius 1 is 1.25 bits per heavy atom. The molecule has 2 heterocycles. The van der Waals surface area contributed by atoms with Crippen LogP contribution in [0.15, 0.2) is 30.6 Å². The van der Waals surface area contributed by atoms with Crippen LogP contribution < -0.4 is 16.0 Å². The van der Waals surface area contributed by atoms with E-state index in [9.17, 15) is 28.2 Å². The molecule has 0 bridgehead atoms. The van der Waals surface area contributed by atoms with E-state index in [0.29, 0.717) is 12.1 Å². The first kappa shape index (κ1) is 26.0. The molecule has 2 aromatic rings. The van der Waals surface area contributed by atoms with Crippen molar-refractivity contribution < 1.29 is 32.6 Å². The SMILES string of the molecule is NC(=O)CN1CCC(O)(CNc2ncnc(N(Cc3ccc(C(F)(F)F)cc3)C3CC3)c2F)C(O)C1. The number of nitrogens with two attached hydrogens (primary N) is 1. The molecule has 13 heteroatoms. The number of aliphatic hydroxyl groups excluding tert-OH is 1. The maximum absolute atomic E-state index is 15.4. The number of piperidine rings is 1. The minimum Gasteiger partial charge on any atom is -0.389 e. The first-order valence-corrected chi connectivity index (χ1v) is 11.5. The van der Waals surface area contributed by atoms with Gasteiger partial charge in [-0.2, -0.15) is 17.6 Å². The van der Waals surface area contributed by atoms with Crippen molar-refractivity contribution in [2.24, 2.45) is 5.73 Å². The number of hydrogen-bond acceptors (Lipinski definition) is 8. The Bertz CT molecular complexity index is 1080. The predicted molar refractivity (Wildman–Crippen MR) is 122 cm³/mol. The lowest BCUT2D eigenvalue weighted by Crippen LogP contribution is -2.59. The zero-order valence-electron chi connectivity index (χ0n) is 19.4. The van der Waals surface area contributed by atoms with Gasteiger partial charge in [0, 0.05) is 32.2 Å². The lowest BCUT2D eigenvalue weighted by atomic mass is 9.88. The Morgan fingerprint density at radius 3 is 2.53 bits per heavy atom. The summed E-state index contributed by atoms with van der Waals surface area (Å²) in [6.07, 6.45) is -2.77. The van der Waals surface area contributed by atoms with Crippen molar-refractivity contribution in [3.63, 3.8) is 0 Å². The van der Waals surface area contributed by atoms with E-state index in [0.717, 1.165) is 25.0 Å². The maximum atomic E-state index is 15.4. The number of carbonyl (C=O) groups excluding carboxylic acids is 1. The van der Waals surface area contributed by atoms with Crippen LogP contribution in [0.3, 0.4) is 0 Å². The number of nitrogens with zero attached hydrogens (tertiary/aromatic N) is 4. The number of likely N-dealkylation sites (tertiary alicyclic amines) is 1. The van der Waals surface area contributed by atoms with Crippen molar-refractivity contribution in [3.05, 3.63) is 47.5 Å². The monoisotopic (exact) mass is 512 g/mol. The van der Waals surface area contributed by atoms with Crippen LogP contribution in [0, 0.1) is 5.82 Å². The van der Waals surface area contributed by atoms with Crippen molar-refractivity contribution in [2.75, 3.05) is 36.4 Å². The summed E-state index contributed by atoms with van der Waals surface area (Å²) in [5.74, 6) is -1.48. The Hall–Kier alpha value is -3.03. The molecule has 5 N–H and O–H groups in total. The number of anilines is 2. The van der Waals surface area contributed by atoms with Crippen LogP contribution >= 0.6 is 0 Å². The van der Waals surface area contributed by atoms with E-state index in [1.54, 1.807) is 9.80 Å². The fraction of sp³-hybridized carbons (Fsp3) is 0.522. The number of halogens is 4. The van der Waals surface area contributed by atoms with Crippen LogP contribution in [0.1, 0.15) is 30.4 Å². The van der Waals surface area contributed by atoms with Crippen molar-refractivity contribution in [2.45, 2.75) is 49.7 Å². The normalized spacial score (nSPS) is 22.9. The molecule has 2 fully saturated rings. The molecule has 1 aromatic carbocycles. The van der Waals surface area contributed by atoms with Gasteiger partial charge in [0.2, 0.25) is 11.7 Å². The number of benzene rings is 1. The number of carbonyl (C=O) groups is 1. The second-order valence-corrected chi connectivity index (χ2v) is 9.34. The van der Waals surface area contributed by atoms with Crippen molar-refractivity contribution in [1.29, 1.82) is 0 Å². The summed E-state index contributed by atoms with van der Waals surface area (Å²) in [5.41, 5.74) is 3.41. The third-order valence-electron chi connectivity index (χ3n) is 6.52. The molecule has 1 saturated heterocycles. The zero-order chi connectivity index (χ0) is 26.1. The van der Waals surface area contributed by atoms with Crippen LogP contribution in [-0.2, 0) is 17.5 Å². The number of hydrogen-bond donors (Lipinski definition) is 4. The van der Waals surface area contributed by atoms with Crippen molar-refractivity contribution >= 4 is 17.5 Å². The highest BCUT2D eigenvalue weighted by molar-refractivity contribution is 5.75. The Morgan fingerprint density at radius 2 is 1.94 bits per heavy atom. The van der Waals surface area contributed by atoms with Crippen LogP contribution in [0.4, 0.5) is 29.2 Å². The van der Waals surface area contributed by atoms with E-state index in [1.165, 1.54) is 18.5 Å². The Kier molecular flexibility index (Phi) is 7.34. The molecule has 0 radical (unpaired) electrons. The molecule has 4 rings (SSSR count). The first-order valence-electron chi connectivity index (χ1n) is 11.5. The van der Waals surface area contributed by atoms with E-state index in [1.807, 2.05) is 0 Å². The van der Waals surface area contributed by atoms with Gasteiger partial charge in [0.25, 0.3) is 0 Å². The molecule has 2 atom stereocenters. The summed E-state index contributed by atoms with van der Waals surface area (Å²) in [6, 6.07) is 4.69. The second-order valence-electron chi connectivity index (χ2n) is 9.34. The lowest BCUT2D eigenvalue weighted by molar-refractivity contribution is -0.137. The van der Waals surface area contributed by atoms with Gasteiger partial charge in [0.1, 0.15) is 11.9 Å². The van der Waals surface area contributed by atoms with Gasteiger partial charge < -0.3 is 26.2 Å². The third-order valence-corrected chi connectivity index (χ3v) is 6.52. The molecule has 9 nitrogen and oxygen atoms in total. The first-order chi connectivity index (χ1) is 17.0. The number of primary amides is 1. The standard InChI is InChI=1S/C23H28F4N6O3/c24-19-20(29-12-22(36)7-8-32(10-17(22)34)11-18(28)35)30-13-31-21(19)33(16-5-6-16)9-14-1-3-15(4-2-14)23(25,26)27/h1-4,13,16-17,34,36H,5-12H2,(H2,28,35)(H,29,30,31). The highest BCUT2D eigenvalue weighted by atomic mass is 19.4. The van der Waals surface area contributed by atoms with Crippen LogP contribution in [-0.4, -0.2) is 74.9 Å². The van der Waals surface area contributed by atoms with Crippen LogP contribution in [0.2, 0.25) is 0 Å². The second kappa shape index (κ2) is 10.1. The number of aliphatic hydroxyl groups is 2. The average Bonchev–Trinajstić information content (AvgIpc) is 3.65. The van der Waals surface area contributed by atoms with Gasteiger partial charge in [-0.3, -0.25) is 9.69 Å². The molecular weight excluding hydrogens is 484 g/mol. The molecular formula is C23H28F4N6O3. The predicted octanol–water partition coefficient (Wildman–Crippen LogP) is 1.50. The van der Waals surface area contributed by atoms with E-state index in [-0.39, 0.29) is 50.3 Å². The molecule has 1 aliphatic carbocycles. The lowest BCUT2D eigenvalue weighted by Gasteiger charge is -2.41. The number of rotatable bonds is 9. The Labute approximate surface area is 204 Å². The molecule has 2 unspecified atom stereocenters. The Balaban J connectivity index is 1.45. The van der Waals surface area contributed by atoms with E-state index in [2.05, 4.69) is 15.3 Å². The fourth-order valence-electron chi connectivity index (χ4n) is 4.27. The van der Waals surface area contributed by atoms with Gasteiger partial charge in [0.05, 0.1) is 18.2 Å². The van der Waals surface area contributed by atoms with E-state index >= 15 is 4.39 Å². The minimum atomic E-state index is -4.44. The fourth-order valence-corrected chi connectivity index (χ4v) is 4.27. The topological polar surface area (TPSA) is 128 Å². The van der Waals surface area contributed by atoms with Gasteiger partial charge in [0.15, 0.2) is 11.6 Å². The number of amides is 1. The highest BCUT2D eigenvalue weighted by Gasteiger charge is 2.41. The van der Waals surface area contributed by atoms with Gasteiger partial charge >= 0.3 is 6.18 Å². The van der Waals surface area contributed by atoms with E-state index < -0.39 is 35.2 Å². The van der Waals surface area contributed by atoms with Gasteiger partial charge in [-0.15, -0.1) is 0 Å². The summed E-state index contributed by atoms with van der Waals surface area (Å²) in [5, 5.41) is 24.1. The van der Waals surface area contributed by atoms with Crippen LogP contribution in [0.5, 0.6) is 0 Å². The highest BCUT2D eigenvalue weighted by Crippen LogP contribution is 2.35. The van der Waals surface area contributed by atoms with Crippen LogP contribution in [0.25, 0.3) is 0 Å². The number of alkyl halides is 3. The number of aromatic nitrogens is 2. The number of nitrogens with one attached hydrogen (secondary N) is 1. The van der Waals surface area contributed by atoms with E-state index in [4.69, 9.17) is 5.73 Å². The third kappa shape index (κ3) is 6.02. The van der Waals surface area contributed by atoms with Crippen molar-refractivity contribution in [1.82, 2.24) is 14.9 Å². The molecule has 196 valence electrons. The van der Waals surface area contributed by atoms with Gasteiger partial charge in [-0.05, 0) is 37.0 Å². The molecule has 36 heavy (non-hydrogen) atoms. The zero-order valence-corrected chi connectivity index (χ0v) is 19.4. The molecule has 1 saturated carbocycles. The molecule has 1 aliphatic heterocycles. The minimum absolute atomic E-state index is 0.00119. The summed E-state index contributed by atoms with van der Waals surface area (Å²) in [7, 11) is 0. The van der Waals surface area contributed by atoms with Gasteiger partial charge in [-0.1, -0.05) is 12.1 Å². The van der Waals surface area contributed by atoms with Crippen molar-refractivity contribution in [3.8, 4) is 0 Å². The largest absolute Gasteiger partial charge is 0.416 e. The molecule has 2 aliphatic rings. The molecule has 1 amide bonds. The summed E-state index contributed by atoms with van der Waals surface area (Å²) in [4.78, 5) is 22.4. The summed E-state index contributed by atoms with van der Waals surface area (Å²) < 4.78 is 54.0. The average molecular weight is 513 g/mol. The molecule has 1 aromatic heterocycles.